The monoisotopic (exact) mass is 1010 g/mol. The first-order valence-electron chi connectivity index (χ1n) is 28.9. The summed E-state index contributed by atoms with van der Waals surface area (Å²) in [4.78, 5) is 11.9. The van der Waals surface area contributed by atoms with Crippen molar-refractivity contribution < 1.29 is 66.4 Å². The molecule has 0 saturated carbocycles. The summed E-state index contributed by atoms with van der Waals surface area (Å²) >= 11 is 0. The minimum absolute atomic E-state index is 0.131. The van der Waals surface area contributed by atoms with Crippen LogP contribution in [0.5, 0.6) is 0 Å². The summed E-state index contributed by atoms with van der Waals surface area (Å²) in [6, 6.07) is 0. The van der Waals surface area contributed by atoms with E-state index in [0.29, 0.717) is 158 Å². The van der Waals surface area contributed by atoms with Crippen molar-refractivity contribution in [3.63, 3.8) is 0 Å². The fraction of sp³-hybridized carbons (Fsp3) is 0.982. The van der Waals surface area contributed by atoms with E-state index in [0.717, 1.165) is 25.9 Å². The smallest absolute Gasteiger partial charge is 0.305 e. The Bertz CT molecular complexity index is 935. The molecule has 0 aromatic heterocycles. The van der Waals surface area contributed by atoms with Crippen molar-refractivity contribution in [3.05, 3.63) is 0 Å². The van der Waals surface area contributed by atoms with Crippen LogP contribution >= 0.6 is 0 Å². The van der Waals surface area contributed by atoms with Gasteiger partial charge in [0.1, 0.15) is 6.61 Å². The molecule has 0 bridgehead atoms. The summed E-state index contributed by atoms with van der Waals surface area (Å²) in [5.41, 5.74) is 0. The standard InChI is InChI=1S/C56H112O14/c1-3-5-7-9-11-13-15-17-19-21-23-25-27-29-31-58-32-33-59-34-35-60-36-37-61-38-39-62-40-41-63-42-43-64-44-45-65-46-47-66-48-49-67-50-51-68-52-53-69-54-55-70-56(57)30-28-26-24-22-20-18-16-14-12-10-8-6-4-2/h3-55H2,1-2H3. The fourth-order valence-electron chi connectivity index (χ4n) is 7.49. The number of hydrogen-bond donors (Lipinski definition) is 0. The molecule has 0 spiro atoms. The van der Waals surface area contributed by atoms with Crippen molar-refractivity contribution in [2.75, 3.05) is 165 Å². The predicted octanol–water partition coefficient (Wildman–Crippen LogP) is 11.7. The number of unbranched alkanes of at least 4 members (excludes halogenated alkanes) is 25. The van der Waals surface area contributed by atoms with Gasteiger partial charge in [-0.2, -0.15) is 0 Å². The summed E-state index contributed by atoms with van der Waals surface area (Å²) < 4.78 is 71.9. The van der Waals surface area contributed by atoms with E-state index in [-0.39, 0.29) is 12.6 Å². The van der Waals surface area contributed by atoms with Gasteiger partial charge < -0.3 is 61.6 Å². The highest BCUT2D eigenvalue weighted by atomic mass is 16.6. The van der Waals surface area contributed by atoms with Gasteiger partial charge in [-0.25, -0.2) is 0 Å². The number of ether oxygens (including phenoxy) is 13. The second-order valence-corrected chi connectivity index (χ2v) is 18.2. The Balaban J connectivity index is 3.11. The Morgan fingerprint density at radius 1 is 0.200 bits per heavy atom. The van der Waals surface area contributed by atoms with Crippen LogP contribution in [0.15, 0.2) is 0 Å². The summed E-state index contributed by atoms with van der Waals surface area (Å²) in [6.45, 7) is 17.5. The van der Waals surface area contributed by atoms with Crippen molar-refractivity contribution in [1.29, 1.82) is 0 Å². The molecule has 14 nitrogen and oxygen atoms in total. The maximum Gasteiger partial charge on any atom is 0.305 e. The van der Waals surface area contributed by atoms with E-state index in [4.69, 9.17) is 61.6 Å². The number of hydrogen-bond acceptors (Lipinski definition) is 14. The quantitative estimate of drug-likeness (QED) is 0.0422. The first-order chi connectivity index (χ1) is 34.8. The van der Waals surface area contributed by atoms with Crippen molar-refractivity contribution >= 4 is 5.97 Å². The molecule has 0 aliphatic heterocycles. The van der Waals surface area contributed by atoms with E-state index in [1.807, 2.05) is 0 Å². The van der Waals surface area contributed by atoms with Crippen molar-refractivity contribution in [3.8, 4) is 0 Å². The van der Waals surface area contributed by atoms with Crippen LogP contribution in [0.1, 0.15) is 194 Å². The predicted molar refractivity (Wildman–Crippen MR) is 281 cm³/mol. The van der Waals surface area contributed by atoms with Crippen LogP contribution in [0.4, 0.5) is 0 Å². The molecule has 0 rings (SSSR count). The third-order valence-corrected chi connectivity index (χ3v) is 11.7. The van der Waals surface area contributed by atoms with Crippen LogP contribution in [0.2, 0.25) is 0 Å². The Labute approximate surface area is 429 Å². The summed E-state index contributed by atoms with van der Waals surface area (Å²) in [6.07, 6.45) is 36.5. The second-order valence-electron chi connectivity index (χ2n) is 18.2. The molecule has 0 aliphatic rings. The number of rotatable bonds is 65. The molecule has 0 N–H and O–H groups in total. The summed E-state index contributed by atoms with van der Waals surface area (Å²) in [5, 5.41) is 0. The maximum absolute atomic E-state index is 11.9. The van der Waals surface area contributed by atoms with Crippen LogP contribution in [0.3, 0.4) is 0 Å². The molecule has 14 heteroatoms. The van der Waals surface area contributed by atoms with Gasteiger partial charge >= 0.3 is 5.97 Å². The lowest BCUT2D eigenvalue weighted by molar-refractivity contribution is -0.145. The fourth-order valence-corrected chi connectivity index (χ4v) is 7.49. The maximum atomic E-state index is 11.9. The number of carbonyl (C=O) groups is 1. The van der Waals surface area contributed by atoms with Crippen LogP contribution in [0.25, 0.3) is 0 Å². The first-order valence-corrected chi connectivity index (χ1v) is 28.9. The molecule has 0 amide bonds. The average molecular weight is 1010 g/mol. The van der Waals surface area contributed by atoms with Crippen molar-refractivity contribution in [1.82, 2.24) is 0 Å². The highest BCUT2D eigenvalue weighted by Crippen LogP contribution is 2.14. The molecule has 0 unspecified atom stereocenters. The van der Waals surface area contributed by atoms with Gasteiger partial charge in [0.05, 0.1) is 152 Å². The van der Waals surface area contributed by atoms with Gasteiger partial charge in [0.25, 0.3) is 0 Å². The van der Waals surface area contributed by atoms with Gasteiger partial charge in [0.15, 0.2) is 0 Å². The molecule has 0 fully saturated rings. The van der Waals surface area contributed by atoms with Gasteiger partial charge in [-0.3, -0.25) is 4.79 Å². The van der Waals surface area contributed by atoms with Gasteiger partial charge in [0.2, 0.25) is 0 Å². The zero-order valence-corrected chi connectivity index (χ0v) is 45.7. The number of carbonyl (C=O) groups excluding carboxylic acids is 1. The molecule has 0 saturated heterocycles. The minimum atomic E-state index is -0.131. The zero-order chi connectivity index (χ0) is 50.2. The minimum Gasteiger partial charge on any atom is -0.463 e. The van der Waals surface area contributed by atoms with Crippen molar-refractivity contribution in [2.45, 2.75) is 194 Å². The molecule has 0 heterocycles. The molecule has 0 aromatic carbocycles. The lowest BCUT2D eigenvalue weighted by Gasteiger charge is -2.09. The summed E-state index contributed by atoms with van der Waals surface area (Å²) in [7, 11) is 0. The third-order valence-electron chi connectivity index (χ3n) is 11.7. The lowest BCUT2D eigenvalue weighted by atomic mass is 10.0. The largest absolute Gasteiger partial charge is 0.463 e. The van der Waals surface area contributed by atoms with Crippen LogP contribution < -0.4 is 0 Å². The Morgan fingerprint density at radius 2 is 0.371 bits per heavy atom. The van der Waals surface area contributed by atoms with E-state index in [1.54, 1.807) is 0 Å². The third kappa shape index (κ3) is 65.0. The van der Waals surface area contributed by atoms with E-state index < -0.39 is 0 Å². The van der Waals surface area contributed by atoms with E-state index in [1.165, 1.54) is 154 Å². The van der Waals surface area contributed by atoms with Crippen molar-refractivity contribution in [2.24, 2.45) is 0 Å². The van der Waals surface area contributed by atoms with Gasteiger partial charge in [-0.1, -0.05) is 174 Å². The van der Waals surface area contributed by atoms with Crippen LogP contribution in [-0.2, 0) is 66.4 Å². The lowest BCUT2D eigenvalue weighted by Crippen LogP contribution is -2.15. The molecule has 70 heavy (non-hydrogen) atoms. The summed E-state index contributed by atoms with van der Waals surface area (Å²) in [5.74, 6) is -0.131. The first kappa shape index (κ1) is 69.0. The van der Waals surface area contributed by atoms with Crippen LogP contribution in [0, 0.1) is 0 Å². The highest BCUT2D eigenvalue weighted by Gasteiger charge is 2.04. The molecule has 420 valence electrons. The average Bonchev–Trinajstić information content (AvgIpc) is 3.37. The van der Waals surface area contributed by atoms with Crippen LogP contribution in [-0.4, -0.2) is 171 Å². The highest BCUT2D eigenvalue weighted by molar-refractivity contribution is 5.69. The normalized spacial score (nSPS) is 11.6. The Hall–Kier alpha value is -1.01. The van der Waals surface area contributed by atoms with Gasteiger partial charge in [-0.05, 0) is 12.8 Å². The molecule has 0 aromatic rings. The Kier molecular flexibility index (Phi) is 65.1. The van der Waals surface area contributed by atoms with Gasteiger partial charge in [0, 0.05) is 13.0 Å². The second kappa shape index (κ2) is 66.0. The molecule has 0 atom stereocenters. The van der Waals surface area contributed by atoms with E-state index >= 15 is 0 Å². The number of esters is 1. The molecule has 0 aliphatic carbocycles. The SMILES string of the molecule is CCCCCCCCCCCCCCCCOCCOCCOCCOCCOCCOCCOCCOCCOCCOCCOCCOCCOC(=O)CCCCCCCCCCCCCCC. The molecule has 0 radical (unpaired) electrons. The van der Waals surface area contributed by atoms with Gasteiger partial charge in [-0.15, -0.1) is 0 Å². The Morgan fingerprint density at radius 3 is 0.600 bits per heavy atom. The topological polar surface area (TPSA) is 137 Å². The molecular formula is C56H112O14. The van der Waals surface area contributed by atoms with E-state index in [9.17, 15) is 4.79 Å². The van der Waals surface area contributed by atoms with E-state index in [2.05, 4.69) is 13.8 Å². The zero-order valence-electron chi connectivity index (χ0n) is 45.7. The molecular weight excluding hydrogens is 897 g/mol.